The van der Waals surface area contributed by atoms with Crippen molar-refractivity contribution in [1.29, 1.82) is 0 Å². The van der Waals surface area contributed by atoms with Crippen molar-refractivity contribution in [1.82, 2.24) is 9.13 Å². The monoisotopic (exact) mass is 226 g/mol. The number of anilines is 1. The largest absolute Gasteiger partial charge is 0.482 e. The summed E-state index contributed by atoms with van der Waals surface area (Å²) in [5.41, 5.74) is 1.74. The fraction of sp³-hybridized carbons (Fsp3) is 0.444. The van der Waals surface area contributed by atoms with Crippen LogP contribution in [0.25, 0.3) is 0 Å². The normalized spacial score (nSPS) is 10.7. The van der Waals surface area contributed by atoms with Gasteiger partial charge in [-0.05, 0) is 6.92 Å². The molecule has 16 heavy (non-hydrogen) atoms. The van der Waals surface area contributed by atoms with Gasteiger partial charge in [-0.1, -0.05) is 0 Å². The highest BCUT2D eigenvalue weighted by atomic mass is 16.5. The van der Waals surface area contributed by atoms with Gasteiger partial charge in [-0.2, -0.15) is 0 Å². The van der Waals surface area contributed by atoms with Gasteiger partial charge in [0.25, 0.3) is 5.56 Å². The second-order valence-corrected chi connectivity index (χ2v) is 3.07. The van der Waals surface area contributed by atoms with Gasteiger partial charge in [-0.25, -0.2) is 4.79 Å². The summed E-state index contributed by atoms with van der Waals surface area (Å²) in [7, 11) is 2.96. The number of rotatable bonds is 4. The van der Waals surface area contributed by atoms with E-state index < -0.39 is 11.2 Å². The number of hydrogen-bond acceptors (Lipinski definition) is 5. The second-order valence-electron chi connectivity index (χ2n) is 3.07. The number of aromatic nitrogens is 2. The lowest BCUT2D eigenvalue weighted by molar-refractivity contribution is 0.343. The molecule has 0 radical (unpaired) electrons. The van der Waals surface area contributed by atoms with Crippen LogP contribution in [0.4, 0.5) is 5.82 Å². The van der Waals surface area contributed by atoms with Crippen molar-refractivity contribution in [2.24, 2.45) is 19.2 Å². The molecule has 1 aromatic rings. The van der Waals surface area contributed by atoms with Crippen LogP contribution in [0.5, 0.6) is 0 Å². The van der Waals surface area contributed by atoms with E-state index in [0.29, 0.717) is 12.4 Å². The molecular formula is C9H14N4O3. The van der Waals surface area contributed by atoms with E-state index in [2.05, 4.69) is 10.5 Å². The Morgan fingerprint density at radius 1 is 1.44 bits per heavy atom. The van der Waals surface area contributed by atoms with Crippen molar-refractivity contribution in [3.8, 4) is 0 Å². The predicted octanol–water partition coefficient (Wildman–Crippen LogP) is -0.524. The van der Waals surface area contributed by atoms with Crippen molar-refractivity contribution in [2.45, 2.75) is 6.92 Å². The molecule has 0 aromatic carbocycles. The first-order valence-electron chi connectivity index (χ1n) is 4.74. The lowest BCUT2D eigenvalue weighted by Crippen LogP contribution is -2.37. The number of nitrogens with zero attached hydrogens (tertiary/aromatic N) is 3. The zero-order valence-corrected chi connectivity index (χ0v) is 9.43. The predicted molar refractivity (Wildman–Crippen MR) is 60.7 cm³/mol. The summed E-state index contributed by atoms with van der Waals surface area (Å²) in [6.07, 6.45) is 1.21. The Morgan fingerprint density at radius 3 is 2.75 bits per heavy atom. The Hall–Kier alpha value is -2.05. The second kappa shape index (κ2) is 5.15. The highest BCUT2D eigenvalue weighted by molar-refractivity contribution is 5.49. The third-order valence-electron chi connectivity index (χ3n) is 2.00. The molecule has 0 saturated carbocycles. The zero-order chi connectivity index (χ0) is 12.1. The fourth-order valence-electron chi connectivity index (χ4n) is 1.04. The van der Waals surface area contributed by atoms with E-state index in [9.17, 15) is 9.59 Å². The van der Waals surface area contributed by atoms with Gasteiger partial charge in [0, 0.05) is 20.2 Å². The number of hydrazone groups is 1. The van der Waals surface area contributed by atoms with Gasteiger partial charge in [0.1, 0.15) is 5.82 Å². The molecule has 7 heteroatoms. The zero-order valence-electron chi connectivity index (χ0n) is 9.43. The Kier molecular flexibility index (Phi) is 3.87. The minimum Gasteiger partial charge on any atom is -0.482 e. The van der Waals surface area contributed by atoms with Crippen LogP contribution in [0, 0.1) is 0 Å². The lowest BCUT2D eigenvalue weighted by Gasteiger charge is -2.07. The molecule has 1 aromatic heterocycles. The van der Waals surface area contributed by atoms with Crippen LogP contribution in [0.15, 0.2) is 20.8 Å². The van der Waals surface area contributed by atoms with Gasteiger partial charge in [0.15, 0.2) is 6.40 Å². The van der Waals surface area contributed by atoms with Gasteiger partial charge < -0.3 is 4.74 Å². The summed E-state index contributed by atoms with van der Waals surface area (Å²) in [6.45, 7) is 2.32. The highest BCUT2D eigenvalue weighted by Crippen LogP contribution is 1.96. The number of ether oxygens (including phenoxy) is 1. The Balaban J connectivity index is 2.98. The first-order chi connectivity index (χ1) is 7.57. The van der Waals surface area contributed by atoms with Crippen molar-refractivity contribution >= 4 is 12.2 Å². The van der Waals surface area contributed by atoms with Crippen LogP contribution in [-0.2, 0) is 18.8 Å². The molecular weight excluding hydrogens is 212 g/mol. The fourth-order valence-corrected chi connectivity index (χ4v) is 1.04. The molecule has 0 aliphatic carbocycles. The lowest BCUT2D eigenvalue weighted by atomic mass is 10.5. The Labute approximate surface area is 92.0 Å². The van der Waals surface area contributed by atoms with Crippen LogP contribution in [-0.4, -0.2) is 22.1 Å². The van der Waals surface area contributed by atoms with E-state index in [1.165, 1.54) is 24.1 Å². The van der Waals surface area contributed by atoms with Crippen LogP contribution in [0.1, 0.15) is 6.92 Å². The van der Waals surface area contributed by atoms with Gasteiger partial charge in [0.05, 0.1) is 6.61 Å². The Bertz CT molecular complexity index is 500. The minimum absolute atomic E-state index is 0.309. The minimum atomic E-state index is -0.415. The van der Waals surface area contributed by atoms with Crippen LogP contribution in [0.3, 0.4) is 0 Å². The summed E-state index contributed by atoms with van der Waals surface area (Å²) in [4.78, 5) is 22.8. The first-order valence-corrected chi connectivity index (χ1v) is 4.74. The average Bonchev–Trinajstić information content (AvgIpc) is 2.28. The van der Waals surface area contributed by atoms with Crippen LogP contribution >= 0.6 is 0 Å². The summed E-state index contributed by atoms with van der Waals surface area (Å²) >= 11 is 0. The maximum atomic E-state index is 11.5. The third-order valence-corrected chi connectivity index (χ3v) is 2.00. The molecule has 7 nitrogen and oxygen atoms in total. The summed E-state index contributed by atoms with van der Waals surface area (Å²) in [6, 6.07) is 1.28. The van der Waals surface area contributed by atoms with Gasteiger partial charge >= 0.3 is 5.69 Å². The van der Waals surface area contributed by atoms with Crippen molar-refractivity contribution in [3.05, 3.63) is 26.9 Å². The molecule has 0 unspecified atom stereocenters. The SMILES string of the molecule is CCO/C=N/Nc1cc(=O)n(C)c(=O)n1C. The van der Waals surface area contributed by atoms with Crippen LogP contribution < -0.4 is 16.7 Å². The molecule has 0 amide bonds. The van der Waals surface area contributed by atoms with Crippen molar-refractivity contribution < 1.29 is 4.74 Å². The molecule has 88 valence electrons. The molecule has 0 atom stereocenters. The average molecular weight is 226 g/mol. The molecule has 0 aliphatic heterocycles. The smallest absolute Gasteiger partial charge is 0.332 e. The molecule has 0 spiro atoms. The molecule has 1 rings (SSSR count). The van der Waals surface area contributed by atoms with Gasteiger partial charge in [0.2, 0.25) is 0 Å². The molecule has 1 N–H and O–H groups in total. The standard InChI is InChI=1S/C9H14N4O3/c1-4-16-6-10-11-7-5-8(14)13(3)9(15)12(7)2/h5-6,11H,4H2,1-3H3/b10-6+. The van der Waals surface area contributed by atoms with E-state index in [0.717, 1.165) is 4.57 Å². The molecule has 0 bridgehead atoms. The molecule has 1 heterocycles. The quantitative estimate of drug-likeness (QED) is 0.425. The molecule has 0 aliphatic rings. The third kappa shape index (κ3) is 2.50. The topological polar surface area (TPSA) is 77.6 Å². The highest BCUT2D eigenvalue weighted by Gasteiger charge is 2.03. The summed E-state index contributed by atoms with van der Waals surface area (Å²) in [5, 5.41) is 3.70. The van der Waals surface area contributed by atoms with E-state index in [1.54, 1.807) is 7.05 Å². The van der Waals surface area contributed by atoms with Gasteiger partial charge in [-0.3, -0.25) is 19.4 Å². The Morgan fingerprint density at radius 2 is 2.12 bits per heavy atom. The number of hydrogen-bond donors (Lipinski definition) is 1. The van der Waals surface area contributed by atoms with Gasteiger partial charge in [-0.15, -0.1) is 5.10 Å². The maximum absolute atomic E-state index is 11.5. The maximum Gasteiger partial charge on any atom is 0.332 e. The van der Waals surface area contributed by atoms with E-state index >= 15 is 0 Å². The molecule has 0 saturated heterocycles. The summed E-state index contributed by atoms with van der Waals surface area (Å²) < 4.78 is 7.15. The first kappa shape index (κ1) is 12.0. The molecule has 0 fully saturated rings. The van der Waals surface area contributed by atoms with Crippen molar-refractivity contribution in [3.63, 3.8) is 0 Å². The van der Waals surface area contributed by atoms with Crippen LogP contribution in [0.2, 0.25) is 0 Å². The van der Waals surface area contributed by atoms with Crippen molar-refractivity contribution in [2.75, 3.05) is 12.0 Å². The van der Waals surface area contributed by atoms with E-state index in [-0.39, 0.29) is 0 Å². The summed E-state index contributed by atoms with van der Waals surface area (Å²) in [5.74, 6) is 0.309. The van der Waals surface area contributed by atoms with E-state index in [1.807, 2.05) is 6.92 Å². The van der Waals surface area contributed by atoms with E-state index in [4.69, 9.17) is 4.74 Å². The number of nitrogens with one attached hydrogen (secondary N) is 1.